The normalized spacial score (nSPS) is 10.7. The van der Waals surface area contributed by atoms with Crippen molar-refractivity contribution in [3.05, 3.63) is 33.0 Å². The maximum Gasteiger partial charge on any atom is 0.316 e. The molecule has 0 aliphatic carbocycles. The first-order valence-electron chi connectivity index (χ1n) is 4.80. The average Bonchev–Trinajstić information content (AvgIpc) is 2.35. The standard InChI is InChI=1S/C9H9N5O5/c1-12(2)14(18)11-19-9-4-8(15)6(5-10)3-7(9)13(16)17/h3-4,15H,1-2H3/b14-11-. The molecule has 0 radical (unpaired) electrons. The molecule has 0 atom stereocenters. The second-order valence-corrected chi connectivity index (χ2v) is 3.48. The van der Waals surface area contributed by atoms with Crippen molar-refractivity contribution in [3.63, 3.8) is 0 Å². The number of nitro groups is 1. The first-order chi connectivity index (χ1) is 8.86. The topological polar surface area (TPSA) is 138 Å². The summed E-state index contributed by atoms with van der Waals surface area (Å²) in [4.78, 5) is 14.6. The van der Waals surface area contributed by atoms with E-state index in [4.69, 9.17) is 5.26 Å². The summed E-state index contributed by atoms with van der Waals surface area (Å²) in [7, 11) is 2.76. The Morgan fingerprint density at radius 2 is 2.11 bits per heavy atom. The van der Waals surface area contributed by atoms with Crippen LogP contribution < -0.4 is 4.84 Å². The highest BCUT2D eigenvalue weighted by Crippen LogP contribution is 2.33. The summed E-state index contributed by atoms with van der Waals surface area (Å²) in [6.45, 7) is 0. The van der Waals surface area contributed by atoms with Crippen LogP contribution >= 0.6 is 0 Å². The van der Waals surface area contributed by atoms with Crippen LogP contribution in [-0.2, 0) is 0 Å². The zero-order valence-corrected chi connectivity index (χ0v) is 9.97. The summed E-state index contributed by atoms with van der Waals surface area (Å²) in [5, 5.41) is 43.9. The van der Waals surface area contributed by atoms with Crippen LogP contribution in [0.4, 0.5) is 5.69 Å². The Balaban J connectivity index is 3.21. The third-order valence-electron chi connectivity index (χ3n) is 1.95. The van der Waals surface area contributed by atoms with E-state index in [1.807, 2.05) is 0 Å². The van der Waals surface area contributed by atoms with Crippen molar-refractivity contribution in [3.8, 4) is 17.6 Å². The number of benzene rings is 1. The summed E-state index contributed by atoms with van der Waals surface area (Å²) < 4.78 is 0. The Bertz CT molecular complexity index is 577. The van der Waals surface area contributed by atoms with Crippen molar-refractivity contribution in [2.45, 2.75) is 0 Å². The van der Waals surface area contributed by atoms with E-state index in [2.05, 4.69) is 10.1 Å². The largest absolute Gasteiger partial charge is 0.569 e. The SMILES string of the molecule is CN(C)/[N+]([O-])=N/Oc1cc(O)c(C#N)cc1[N+](=O)[O-]. The molecule has 0 saturated carbocycles. The second-order valence-electron chi connectivity index (χ2n) is 3.48. The number of phenols is 1. The van der Waals surface area contributed by atoms with Crippen molar-refractivity contribution in [1.29, 1.82) is 5.26 Å². The van der Waals surface area contributed by atoms with Gasteiger partial charge in [0.05, 0.1) is 24.0 Å². The molecule has 1 rings (SSSR count). The first-order valence-corrected chi connectivity index (χ1v) is 4.80. The summed E-state index contributed by atoms with van der Waals surface area (Å²) in [6, 6.07) is 3.24. The van der Waals surface area contributed by atoms with Gasteiger partial charge in [0, 0.05) is 12.1 Å². The smallest absolute Gasteiger partial charge is 0.316 e. The molecular weight excluding hydrogens is 258 g/mol. The predicted molar refractivity (Wildman–Crippen MR) is 59.8 cm³/mol. The van der Waals surface area contributed by atoms with Gasteiger partial charge in [-0.15, -0.1) is 0 Å². The van der Waals surface area contributed by atoms with Crippen molar-refractivity contribution in [2.75, 3.05) is 14.1 Å². The lowest BCUT2D eigenvalue weighted by Crippen LogP contribution is -2.21. The van der Waals surface area contributed by atoms with Gasteiger partial charge < -0.3 is 10.3 Å². The van der Waals surface area contributed by atoms with E-state index in [0.29, 0.717) is 0 Å². The van der Waals surface area contributed by atoms with Gasteiger partial charge >= 0.3 is 5.69 Å². The molecule has 10 heteroatoms. The average molecular weight is 267 g/mol. The van der Waals surface area contributed by atoms with Crippen LogP contribution in [0, 0.1) is 26.7 Å². The molecule has 1 aromatic rings. The number of hydrazine groups is 1. The third kappa shape index (κ3) is 3.19. The number of nitrogens with zero attached hydrogens (tertiary/aromatic N) is 5. The fraction of sp³-hybridized carbons (Fsp3) is 0.222. The fourth-order valence-corrected chi connectivity index (χ4v) is 1.01. The minimum Gasteiger partial charge on any atom is -0.569 e. The van der Waals surface area contributed by atoms with Gasteiger partial charge in [0.1, 0.15) is 17.4 Å². The minimum absolute atomic E-state index is 0.0407. The van der Waals surface area contributed by atoms with Gasteiger partial charge in [-0.1, -0.05) is 0 Å². The van der Waals surface area contributed by atoms with Crippen molar-refractivity contribution in [1.82, 2.24) is 5.01 Å². The molecule has 10 nitrogen and oxygen atoms in total. The molecule has 0 aromatic heterocycles. The van der Waals surface area contributed by atoms with Crippen molar-refractivity contribution >= 4 is 5.69 Å². The van der Waals surface area contributed by atoms with Crippen LogP contribution in [0.3, 0.4) is 0 Å². The molecule has 1 aromatic carbocycles. The monoisotopic (exact) mass is 267 g/mol. The van der Waals surface area contributed by atoms with Gasteiger partial charge in [0.25, 0.3) is 0 Å². The number of nitriles is 1. The second kappa shape index (κ2) is 5.50. The molecule has 0 bridgehead atoms. The molecule has 0 spiro atoms. The molecule has 0 amide bonds. The van der Waals surface area contributed by atoms with Gasteiger partial charge in [-0.3, -0.25) is 15.0 Å². The third-order valence-corrected chi connectivity index (χ3v) is 1.95. The zero-order chi connectivity index (χ0) is 14.6. The number of aromatic hydroxyl groups is 1. The molecule has 0 saturated heterocycles. The molecule has 0 fully saturated rings. The summed E-state index contributed by atoms with van der Waals surface area (Å²) >= 11 is 0. The highest BCUT2D eigenvalue weighted by atomic mass is 16.7. The molecule has 0 heterocycles. The van der Waals surface area contributed by atoms with Crippen LogP contribution in [0.5, 0.6) is 11.5 Å². The molecule has 0 aliphatic rings. The van der Waals surface area contributed by atoms with Gasteiger partial charge in [-0.05, 0) is 0 Å². The predicted octanol–water partition coefficient (Wildman–Crippen LogP) is 0.905. The van der Waals surface area contributed by atoms with Gasteiger partial charge in [0.15, 0.2) is 0 Å². The van der Waals surface area contributed by atoms with Crippen LogP contribution in [0.25, 0.3) is 0 Å². The van der Waals surface area contributed by atoms with E-state index in [1.165, 1.54) is 14.1 Å². The summed E-state index contributed by atoms with van der Waals surface area (Å²) in [5.41, 5.74) is -0.879. The Morgan fingerprint density at radius 3 is 2.58 bits per heavy atom. The Hall–Kier alpha value is -3.09. The molecular formula is C9H9N5O5. The first kappa shape index (κ1) is 14.0. The van der Waals surface area contributed by atoms with Crippen LogP contribution in [0.2, 0.25) is 0 Å². The number of rotatable bonds is 4. The number of hydrogen-bond acceptors (Lipinski definition) is 7. The Morgan fingerprint density at radius 1 is 1.47 bits per heavy atom. The quantitative estimate of drug-likeness (QED) is 0.370. The molecule has 19 heavy (non-hydrogen) atoms. The van der Waals surface area contributed by atoms with Gasteiger partial charge in [0.2, 0.25) is 11.0 Å². The van der Waals surface area contributed by atoms with E-state index in [9.17, 15) is 20.4 Å². The lowest BCUT2D eigenvalue weighted by molar-refractivity contribution is -0.695. The molecule has 1 N–H and O–H groups in total. The van der Waals surface area contributed by atoms with E-state index in [-0.39, 0.29) is 10.5 Å². The van der Waals surface area contributed by atoms with Crippen LogP contribution in [-0.4, -0.2) is 34.1 Å². The lowest BCUT2D eigenvalue weighted by atomic mass is 10.2. The number of hydrogen-bond donors (Lipinski definition) is 1. The molecule has 0 unspecified atom stereocenters. The van der Waals surface area contributed by atoms with E-state index >= 15 is 0 Å². The maximum absolute atomic E-state index is 11.1. The lowest BCUT2D eigenvalue weighted by Gasteiger charge is -2.06. The van der Waals surface area contributed by atoms with Crippen molar-refractivity contribution < 1.29 is 19.8 Å². The van der Waals surface area contributed by atoms with E-state index in [1.54, 1.807) is 6.07 Å². The fourth-order valence-electron chi connectivity index (χ4n) is 1.01. The number of phenolic OH excluding ortho intramolecular Hbond substituents is 1. The summed E-state index contributed by atoms with van der Waals surface area (Å²) in [5.74, 6) is -0.968. The maximum atomic E-state index is 11.1. The van der Waals surface area contributed by atoms with Crippen molar-refractivity contribution in [2.24, 2.45) is 5.28 Å². The van der Waals surface area contributed by atoms with E-state index < -0.39 is 22.1 Å². The zero-order valence-electron chi connectivity index (χ0n) is 9.97. The highest BCUT2D eigenvalue weighted by molar-refractivity contribution is 5.58. The van der Waals surface area contributed by atoms with Crippen LogP contribution in [0.15, 0.2) is 17.4 Å². The minimum atomic E-state index is -0.823. The van der Waals surface area contributed by atoms with E-state index in [0.717, 1.165) is 17.1 Å². The summed E-state index contributed by atoms with van der Waals surface area (Å²) in [6.07, 6.45) is 0. The Labute approximate surface area is 107 Å². The molecule has 0 aliphatic heterocycles. The highest BCUT2D eigenvalue weighted by Gasteiger charge is 2.21. The van der Waals surface area contributed by atoms with Crippen LogP contribution in [0.1, 0.15) is 5.56 Å². The van der Waals surface area contributed by atoms with Gasteiger partial charge in [-0.2, -0.15) is 10.3 Å². The molecule has 100 valence electrons. The number of nitro benzene ring substituents is 1. The Kier molecular flexibility index (Phi) is 4.04. The van der Waals surface area contributed by atoms with Gasteiger partial charge in [-0.25, -0.2) is 0 Å².